The summed E-state index contributed by atoms with van der Waals surface area (Å²) in [4.78, 5) is 42.1. The van der Waals surface area contributed by atoms with Crippen molar-refractivity contribution in [2.45, 2.75) is 6.18 Å². The van der Waals surface area contributed by atoms with Gasteiger partial charge < -0.3 is 10.2 Å². The molecule has 2 aliphatic rings. The van der Waals surface area contributed by atoms with Crippen LogP contribution >= 0.6 is 0 Å². The van der Waals surface area contributed by atoms with E-state index < -0.39 is 11.7 Å². The summed E-state index contributed by atoms with van der Waals surface area (Å²) in [6, 6.07) is 16.6. The molecule has 0 aromatic heterocycles. The molecule has 0 radical (unpaired) electrons. The van der Waals surface area contributed by atoms with Crippen LogP contribution < -0.4 is 10.2 Å². The second-order valence-electron chi connectivity index (χ2n) is 8.82. The minimum absolute atomic E-state index is 0.100. The van der Waals surface area contributed by atoms with E-state index in [9.17, 15) is 27.6 Å². The molecule has 1 fully saturated rings. The minimum atomic E-state index is -4.39. The number of fused-ring (bicyclic) bond motifs is 2. The van der Waals surface area contributed by atoms with Crippen LogP contribution in [0.1, 0.15) is 37.4 Å². The van der Waals surface area contributed by atoms with E-state index in [2.05, 4.69) is 5.32 Å². The zero-order valence-electron chi connectivity index (χ0n) is 19.1. The highest BCUT2D eigenvalue weighted by Crippen LogP contribution is 2.32. The molecule has 1 aliphatic heterocycles. The summed E-state index contributed by atoms with van der Waals surface area (Å²) in [5.74, 6) is -0.767. The van der Waals surface area contributed by atoms with E-state index >= 15 is 0 Å². The summed E-state index contributed by atoms with van der Waals surface area (Å²) in [7, 11) is 0. The van der Waals surface area contributed by atoms with Crippen molar-refractivity contribution in [3.05, 3.63) is 94.5 Å². The van der Waals surface area contributed by atoms with Crippen molar-refractivity contribution in [3.8, 4) is 0 Å². The molecule has 1 saturated heterocycles. The summed E-state index contributed by atoms with van der Waals surface area (Å²) in [6.45, 7) is 2.10. The Kier molecular flexibility index (Phi) is 6.09. The topological polar surface area (TPSA) is 69.7 Å². The molecule has 1 amide bonds. The highest BCUT2D eigenvalue weighted by Gasteiger charge is 2.32. The fourth-order valence-corrected chi connectivity index (χ4v) is 4.62. The van der Waals surface area contributed by atoms with Gasteiger partial charge in [0.25, 0.3) is 0 Å². The van der Waals surface area contributed by atoms with E-state index in [1.165, 1.54) is 12.1 Å². The van der Waals surface area contributed by atoms with Crippen LogP contribution in [-0.4, -0.2) is 55.1 Å². The lowest BCUT2D eigenvalue weighted by Crippen LogP contribution is -2.48. The van der Waals surface area contributed by atoms with Crippen molar-refractivity contribution in [3.63, 3.8) is 0 Å². The van der Waals surface area contributed by atoms with E-state index in [0.717, 1.165) is 12.1 Å². The predicted octanol–water partition coefficient (Wildman–Crippen LogP) is 4.24. The average Bonchev–Trinajstić information content (AvgIpc) is 2.87. The third-order valence-corrected chi connectivity index (χ3v) is 6.49. The Bertz CT molecular complexity index is 1360. The first-order valence-corrected chi connectivity index (χ1v) is 11.5. The van der Waals surface area contributed by atoms with Gasteiger partial charge in [0, 0.05) is 59.8 Å². The molecule has 0 unspecified atom stereocenters. The first-order valence-electron chi connectivity index (χ1n) is 11.5. The lowest BCUT2D eigenvalue weighted by atomic mass is 9.84. The Labute approximate surface area is 205 Å². The molecular formula is C27H22F3N3O3. The van der Waals surface area contributed by atoms with Crippen LogP contribution in [0.3, 0.4) is 0 Å². The molecule has 1 heterocycles. The number of nitrogens with zero attached hydrogens (tertiary/aromatic N) is 2. The molecule has 0 spiro atoms. The summed E-state index contributed by atoms with van der Waals surface area (Å²) in [6.07, 6.45) is -4.39. The van der Waals surface area contributed by atoms with E-state index in [4.69, 9.17) is 0 Å². The number of benzene rings is 3. The largest absolute Gasteiger partial charge is 0.416 e. The summed E-state index contributed by atoms with van der Waals surface area (Å²) >= 11 is 0. The van der Waals surface area contributed by atoms with Gasteiger partial charge in [-0.25, -0.2) is 0 Å². The average molecular weight is 493 g/mol. The summed E-state index contributed by atoms with van der Waals surface area (Å²) in [5, 5.41) is 2.78. The Balaban J connectivity index is 1.20. The molecule has 184 valence electrons. The number of hydrogen-bond donors (Lipinski definition) is 1. The van der Waals surface area contributed by atoms with Gasteiger partial charge in [-0.1, -0.05) is 30.3 Å². The predicted molar refractivity (Wildman–Crippen MR) is 128 cm³/mol. The number of carbonyl (C=O) groups excluding carboxylic acids is 3. The zero-order valence-corrected chi connectivity index (χ0v) is 19.1. The Morgan fingerprint density at radius 2 is 1.42 bits per heavy atom. The monoisotopic (exact) mass is 493 g/mol. The third-order valence-electron chi connectivity index (χ3n) is 6.49. The molecule has 0 saturated carbocycles. The number of hydrogen-bond acceptors (Lipinski definition) is 5. The first-order chi connectivity index (χ1) is 17.2. The van der Waals surface area contributed by atoms with Crippen LogP contribution in [0.15, 0.2) is 66.7 Å². The Morgan fingerprint density at radius 3 is 2.08 bits per heavy atom. The number of amides is 1. The van der Waals surface area contributed by atoms with E-state index in [0.29, 0.717) is 54.2 Å². The fraction of sp³-hybridized carbons (Fsp3) is 0.222. The quantitative estimate of drug-likeness (QED) is 0.461. The highest BCUT2D eigenvalue weighted by molar-refractivity contribution is 6.28. The molecule has 1 N–H and O–H groups in total. The third kappa shape index (κ3) is 4.61. The van der Waals surface area contributed by atoms with Gasteiger partial charge in [-0.05, 0) is 36.4 Å². The molecule has 0 bridgehead atoms. The number of ketones is 2. The van der Waals surface area contributed by atoms with Crippen molar-refractivity contribution >= 4 is 28.8 Å². The number of piperazine rings is 1. The van der Waals surface area contributed by atoms with Gasteiger partial charge in [-0.15, -0.1) is 0 Å². The standard InChI is InChI=1S/C27H22F3N3O3/c28-27(29,30)17-4-3-5-19(14-17)33-12-10-32(11-13-33)16-24(34)31-18-8-9-22-23(15-18)26(36)21-7-2-1-6-20(21)25(22)35/h1-9,14-15H,10-13,16H2,(H,31,34). The maximum Gasteiger partial charge on any atom is 0.416 e. The number of carbonyl (C=O) groups is 3. The van der Waals surface area contributed by atoms with E-state index in [-0.39, 0.29) is 29.6 Å². The maximum absolute atomic E-state index is 13.0. The zero-order chi connectivity index (χ0) is 25.4. The van der Waals surface area contributed by atoms with Gasteiger partial charge >= 0.3 is 6.18 Å². The van der Waals surface area contributed by atoms with Gasteiger partial charge in [-0.2, -0.15) is 13.2 Å². The van der Waals surface area contributed by atoms with Gasteiger partial charge in [0.15, 0.2) is 11.6 Å². The van der Waals surface area contributed by atoms with Crippen LogP contribution in [0.2, 0.25) is 0 Å². The molecule has 6 nitrogen and oxygen atoms in total. The second-order valence-corrected chi connectivity index (χ2v) is 8.82. The minimum Gasteiger partial charge on any atom is -0.369 e. The Hall–Kier alpha value is -3.98. The van der Waals surface area contributed by atoms with Crippen LogP contribution in [0, 0.1) is 0 Å². The lowest BCUT2D eigenvalue weighted by molar-refractivity contribution is -0.137. The fourth-order valence-electron chi connectivity index (χ4n) is 4.62. The maximum atomic E-state index is 13.0. The van der Waals surface area contributed by atoms with Crippen LogP contribution in [0.5, 0.6) is 0 Å². The molecule has 3 aromatic rings. The molecule has 0 atom stereocenters. The van der Waals surface area contributed by atoms with Crippen molar-refractivity contribution in [2.75, 3.05) is 42.9 Å². The van der Waals surface area contributed by atoms with E-state index in [1.54, 1.807) is 42.5 Å². The smallest absolute Gasteiger partial charge is 0.369 e. The van der Waals surface area contributed by atoms with E-state index in [1.807, 2.05) is 9.80 Å². The number of nitrogens with one attached hydrogen (secondary N) is 1. The first kappa shape index (κ1) is 23.7. The number of rotatable bonds is 4. The summed E-state index contributed by atoms with van der Waals surface area (Å²) in [5.41, 5.74) is 1.52. The van der Waals surface area contributed by atoms with Crippen molar-refractivity contribution < 1.29 is 27.6 Å². The van der Waals surface area contributed by atoms with Crippen LogP contribution in [0.4, 0.5) is 24.5 Å². The molecular weight excluding hydrogens is 471 g/mol. The number of halogens is 3. The summed E-state index contributed by atoms with van der Waals surface area (Å²) < 4.78 is 39.0. The van der Waals surface area contributed by atoms with Gasteiger partial charge in [0.05, 0.1) is 12.1 Å². The normalized spacial score (nSPS) is 15.9. The lowest BCUT2D eigenvalue weighted by Gasteiger charge is -2.36. The van der Waals surface area contributed by atoms with Crippen molar-refractivity contribution in [1.82, 2.24) is 4.90 Å². The molecule has 36 heavy (non-hydrogen) atoms. The van der Waals surface area contributed by atoms with Gasteiger partial charge in [0.2, 0.25) is 5.91 Å². The van der Waals surface area contributed by atoms with Crippen molar-refractivity contribution in [1.29, 1.82) is 0 Å². The Morgan fingerprint density at radius 1 is 0.778 bits per heavy atom. The molecule has 1 aliphatic carbocycles. The number of alkyl halides is 3. The highest BCUT2D eigenvalue weighted by atomic mass is 19.4. The van der Waals surface area contributed by atoms with Crippen LogP contribution in [0.25, 0.3) is 0 Å². The number of anilines is 2. The van der Waals surface area contributed by atoms with Gasteiger partial charge in [-0.3, -0.25) is 19.3 Å². The van der Waals surface area contributed by atoms with Crippen LogP contribution in [-0.2, 0) is 11.0 Å². The van der Waals surface area contributed by atoms with Gasteiger partial charge in [0.1, 0.15) is 0 Å². The SMILES string of the molecule is O=C(CN1CCN(c2cccc(C(F)(F)F)c2)CC1)Nc1ccc2c(c1)C(=O)c1ccccc1C2=O. The second kappa shape index (κ2) is 9.23. The van der Waals surface area contributed by atoms with Crippen molar-refractivity contribution in [2.24, 2.45) is 0 Å². The molecule has 9 heteroatoms. The molecule has 5 rings (SSSR count). The molecule has 3 aromatic carbocycles.